The zero-order valence-electron chi connectivity index (χ0n) is 14.4. The van der Waals surface area contributed by atoms with E-state index in [4.69, 9.17) is 9.52 Å². The van der Waals surface area contributed by atoms with Crippen LogP contribution in [0, 0.1) is 6.92 Å². The molecule has 1 aliphatic rings. The SMILES string of the molecule is Cc1ccc(CN2C(=O)CC[C@@H]2C(=O)NCc2ccc(C(=O)O)o2)cc1. The normalized spacial score (nSPS) is 16.7. The molecule has 1 saturated heterocycles. The molecule has 2 N–H and O–H groups in total. The summed E-state index contributed by atoms with van der Waals surface area (Å²) in [4.78, 5) is 37.1. The highest BCUT2D eigenvalue weighted by Crippen LogP contribution is 2.22. The van der Waals surface area contributed by atoms with Gasteiger partial charge in [0.15, 0.2) is 0 Å². The number of rotatable bonds is 6. The molecule has 0 bridgehead atoms. The van der Waals surface area contributed by atoms with E-state index in [0.29, 0.717) is 25.1 Å². The number of hydrogen-bond acceptors (Lipinski definition) is 4. The predicted octanol–water partition coefficient (Wildman–Crippen LogP) is 2.09. The highest BCUT2D eigenvalue weighted by molar-refractivity contribution is 5.90. The number of aryl methyl sites for hydroxylation is 1. The molecule has 7 nitrogen and oxygen atoms in total. The summed E-state index contributed by atoms with van der Waals surface area (Å²) in [7, 11) is 0. The van der Waals surface area contributed by atoms with Crippen LogP contribution in [0.3, 0.4) is 0 Å². The molecule has 1 aliphatic heterocycles. The first kappa shape index (κ1) is 17.7. The summed E-state index contributed by atoms with van der Waals surface area (Å²) in [5, 5.41) is 11.6. The molecular formula is C19H20N2O5. The zero-order chi connectivity index (χ0) is 18.7. The van der Waals surface area contributed by atoms with Gasteiger partial charge in [-0.15, -0.1) is 0 Å². The van der Waals surface area contributed by atoms with Gasteiger partial charge in [-0.1, -0.05) is 29.8 Å². The molecule has 7 heteroatoms. The smallest absolute Gasteiger partial charge is 0.371 e. The fourth-order valence-corrected chi connectivity index (χ4v) is 2.97. The van der Waals surface area contributed by atoms with E-state index >= 15 is 0 Å². The van der Waals surface area contributed by atoms with Crippen molar-refractivity contribution in [3.63, 3.8) is 0 Å². The van der Waals surface area contributed by atoms with Crippen LogP contribution in [-0.4, -0.2) is 33.8 Å². The number of nitrogens with zero attached hydrogens (tertiary/aromatic N) is 1. The van der Waals surface area contributed by atoms with Crippen LogP contribution in [0.15, 0.2) is 40.8 Å². The summed E-state index contributed by atoms with van der Waals surface area (Å²) < 4.78 is 5.12. The van der Waals surface area contributed by atoms with Crippen LogP contribution in [0.4, 0.5) is 0 Å². The summed E-state index contributed by atoms with van der Waals surface area (Å²) in [6, 6.07) is 10.2. The number of amides is 2. The van der Waals surface area contributed by atoms with Crippen LogP contribution in [0.2, 0.25) is 0 Å². The van der Waals surface area contributed by atoms with Gasteiger partial charge in [0.1, 0.15) is 11.8 Å². The number of aromatic carboxylic acids is 1. The topological polar surface area (TPSA) is 99.9 Å². The molecule has 3 rings (SSSR count). The maximum Gasteiger partial charge on any atom is 0.371 e. The van der Waals surface area contributed by atoms with Crippen molar-refractivity contribution >= 4 is 17.8 Å². The van der Waals surface area contributed by atoms with Crippen molar-refractivity contribution in [3.05, 3.63) is 59.0 Å². The van der Waals surface area contributed by atoms with Crippen LogP contribution in [0.1, 0.15) is 40.3 Å². The number of carboxylic acids is 1. The molecule has 0 unspecified atom stereocenters. The molecular weight excluding hydrogens is 336 g/mol. The number of hydrogen-bond donors (Lipinski definition) is 2. The Hall–Kier alpha value is -3.09. The molecule has 0 spiro atoms. The van der Waals surface area contributed by atoms with E-state index in [-0.39, 0.29) is 24.1 Å². The van der Waals surface area contributed by atoms with Crippen molar-refractivity contribution in [3.8, 4) is 0 Å². The maximum absolute atomic E-state index is 12.5. The average molecular weight is 356 g/mol. The lowest BCUT2D eigenvalue weighted by Crippen LogP contribution is -2.44. The molecule has 0 aliphatic carbocycles. The second-order valence-corrected chi connectivity index (χ2v) is 6.35. The van der Waals surface area contributed by atoms with Crippen molar-refractivity contribution in [2.45, 2.75) is 38.9 Å². The Morgan fingerprint density at radius 3 is 2.62 bits per heavy atom. The highest BCUT2D eigenvalue weighted by atomic mass is 16.4. The van der Waals surface area contributed by atoms with Crippen molar-refractivity contribution < 1.29 is 23.9 Å². The summed E-state index contributed by atoms with van der Waals surface area (Å²) in [5.74, 6) is -1.29. The van der Waals surface area contributed by atoms with Gasteiger partial charge in [-0.3, -0.25) is 9.59 Å². The summed E-state index contributed by atoms with van der Waals surface area (Å²) >= 11 is 0. The van der Waals surface area contributed by atoms with Gasteiger partial charge in [-0.25, -0.2) is 4.79 Å². The Kier molecular flexibility index (Phi) is 5.06. The van der Waals surface area contributed by atoms with E-state index < -0.39 is 12.0 Å². The van der Waals surface area contributed by atoms with Gasteiger partial charge in [-0.05, 0) is 31.0 Å². The Labute approximate surface area is 150 Å². The zero-order valence-corrected chi connectivity index (χ0v) is 14.4. The highest BCUT2D eigenvalue weighted by Gasteiger charge is 2.35. The van der Waals surface area contributed by atoms with E-state index in [0.717, 1.165) is 11.1 Å². The first-order chi connectivity index (χ1) is 12.4. The van der Waals surface area contributed by atoms with E-state index in [1.54, 1.807) is 4.90 Å². The second-order valence-electron chi connectivity index (χ2n) is 6.35. The monoisotopic (exact) mass is 356 g/mol. The molecule has 1 fully saturated rings. The predicted molar refractivity (Wildman–Crippen MR) is 92.3 cm³/mol. The minimum Gasteiger partial charge on any atom is -0.475 e. The minimum atomic E-state index is -1.16. The van der Waals surface area contributed by atoms with Crippen molar-refractivity contribution in [2.24, 2.45) is 0 Å². The number of nitrogens with one attached hydrogen (secondary N) is 1. The first-order valence-electron chi connectivity index (χ1n) is 8.39. The van der Waals surface area contributed by atoms with Gasteiger partial charge in [0.2, 0.25) is 17.6 Å². The summed E-state index contributed by atoms with van der Waals surface area (Å²) in [6.45, 7) is 2.46. The largest absolute Gasteiger partial charge is 0.475 e. The third-order valence-corrected chi connectivity index (χ3v) is 4.41. The minimum absolute atomic E-state index is 0.0445. The molecule has 2 amide bonds. The van der Waals surface area contributed by atoms with Gasteiger partial charge in [0, 0.05) is 13.0 Å². The van der Waals surface area contributed by atoms with Crippen LogP contribution < -0.4 is 5.32 Å². The van der Waals surface area contributed by atoms with Crippen LogP contribution in [-0.2, 0) is 22.7 Å². The molecule has 2 heterocycles. The summed E-state index contributed by atoms with van der Waals surface area (Å²) in [6.07, 6.45) is 0.808. The van der Waals surface area contributed by atoms with E-state index in [2.05, 4.69) is 5.32 Å². The fraction of sp³-hybridized carbons (Fsp3) is 0.316. The Balaban J connectivity index is 1.62. The maximum atomic E-state index is 12.5. The van der Waals surface area contributed by atoms with Crippen LogP contribution in [0.5, 0.6) is 0 Å². The standard InChI is InChI=1S/C19H20N2O5/c1-12-2-4-13(5-3-12)11-21-15(7-9-17(21)22)18(23)20-10-14-6-8-16(26-14)19(24)25/h2-6,8,15H,7,9-11H2,1H3,(H,20,23)(H,24,25)/t15-/m1/s1. The van der Waals surface area contributed by atoms with Gasteiger partial charge < -0.3 is 19.7 Å². The molecule has 0 radical (unpaired) electrons. The second kappa shape index (κ2) is 7.43. The molecule has 26 heavy (non-hydrogen) atoms. The average Bonchev–Trinajstić information content (AvgIpc) is 3.23. The molecule has 1 atom stereocenters. The Morgan fingerprint density at radius 1 is 1.23 bits per heavy atom. The Morgan fingerprint density at radius 2 is 1.96 bits per heavy atom. The van der Waals surface area contributed by atoms with Crippen molar-refractivity contribution in [2.75, 3.05) is 0 Å². The van der Waals surface area contributed by atoms with Gasteiger partial charge in [0.25, 0.3) is 0 Å². The lowest BCUT2D eigenvalue weighted by Gasteiger charge is -2.24. The van der Waals surface area contributed by atoms with Crippen molar-refractivity contribution in [1.29, 1.82) is 0 Å². The van der Waals surface area contributed by atoms with Gasteiger partial charge >= 0.3 is 5.97 Å². The number of carbonyl (C=O) groups is 3. The third kappa shape index (κ3) is 3.93. The molecule has 2 aromatic rings. The van der Waals surface area contributed by atoms with E-state index in [1.807, 2.05) is 31.2 Å². The van der Waals surface area contributed by atoms with Crippen LogP contribution in [0.25, 0.3) is 0 Å². The number of furan rings is 1. The number of benzene rings is 1. The molecule has 136 valence electrons. The third-order valence-electron chi connectivity index (χ3n) is 4.41. The summed E-state index contributed by atoms with van der Waals surface area (Å²) in [5.41, 5.74) is 2.11. The van der Waals surface area contributed by atoms with Gasteiger partial charge in [0.05, 0.1) is 6.54 Å². The van der Waals surface area contributed by atoms with E-state index in [1.165, 1.54) is 12.1 Å². The van der Waals surface area contributed by atoms with Crippen LogP contribution >= 0.6 is 0 Å². The Bertz CT molecular complexity index is 825. The van der Waals surface area contributed by atoms with E-state index in [9.17, 15) is 14.4 Å². The number of carbonyl (C=O) groups excluding carboxylic acids is 2. The number of likely N-dealkylation sites (tertiary alicyclic amines) is 1. The molecule has 0 saturated carbocycles. The van der Waals surface area contributed by atoms with Crippen molar-refractivity contribution in [1.82, 2.24) is 10.2 Å². The number of carboxylic acid groups (broad SMARTS) is 1. The molecule has 1 aromatic carbocycles. The fourth-order valence-electron chi connectivity index (χ4n) is 2.97. The molecule has 1 aromatic heterocycles. The first-order valence-corrected chi connectivity index (χ1v) is 8.39. The lowest BCUT2D eigenvalue weighted by atomic mass is 10.1. The van der Waals surface area contributed by atoms with Gasteiger partial charge in [-0.2, -0.15) is 0 Å². The quantitative estimate of drug-likeness (QED) is 0.826. The lowest BCUT2D eigenvalue weighted by molar-refractivity contribution is -0.135.